The van der Waals surface area contributed by atoms with E-state index < -0.39 is 0 Å². The number of benzene rings is 1. The summed E-state index contributed by atoms with van der Waals surface area (Å²) >= 11 is 12.1. The minimum absolute atomic E-state index is 0.273. The van der Waals surface area contributed by atoms with Gasteiger partial charge in [0.25, 0.3) is 0 Å². The summed E-state index contributed by atoms with van der Waals surface area (Å²) in [5.74, 6) is 0.911. The third-order valence-corrected chi connectivity index (χ3v) is 6.02. The Hall–Kier alpha value is -1.39. The quantitative estimate of drug-likeness (QED) is 0.259. The lowest BCUT2D eigenvalue weighted by Crippen LogP contribution is -2.25. The molecule has 2 unspecified atom stereocenters. The van der Waals surface area contributed by atoms with Crippen molar-refractivity contribution in [2.75, 3.05) is 11.4 Å². The lowest BCUT2D eigenvalue weighted by molar-refractivity contribution is 0.703. The third-order valence-electron chi connectivity index (χ3n) is 4.42. The summed E-state index contributed by atoms with van der Waals surface area (Å²) in [5.41, 5.74) is 2.86. The average Bonchev–Trinajstić information content (AvgIpc) is 3.24. The molecule has 8 heteroatoms. The van der Waals surface area contributed by atoms with E-state index in [0.717, 1.165) is 30.1 Å². The Morgan fingerprint density at radius 2 is 2.04 bits per heavy atom. The number of thiocarbonyl (C=S) groups is 1. The Kier molecular flexibility index (Phi) is 4.83. The van der Waals surface area contributed by atoms with Crippen molar-refractivity contribution in [3.63, 3.8) is 0 Å². The minimum Gasteiger partial charge on any atom is -0.347 e. The number of thiol groups is 1. The van der Waals surface area contributed by atoms with Gasteiger partial charge in [0.15, 0.2) is 5.65 Å². The summed E-state index contributed by atoms with van der Waals surface area (Å²) < 4.78 is 4.77. The molecule has 4 rings (SSSR count). The number of hydrogen-bond donors (Lipinski definition) is 2. The number of aromatic nitrogens is 3. The number of anilines is 1. The number of imidazole rings is 1. The van der Waals surface area contributed by atoms with E-state index in [1.54, 1.807) is 10.7 Å². The van der Waals surface area contributed by atoms with Gasteiger partial charge in [-0.2, -0.15) is 12.6 Å². The fourth-order valence-electron chi connectivity index (χ4n) is 3.28. The van der Waals surface area contributed by atoms with Crippen molar-refractivity contribution in [3.05, 3.63) is 59.9 Å². The van der Waals surface area contributed by atoms with Crippen LogP contribution in [0.25, 0.3) is 5.65 Å². The Labute approximate surface area is 170 Å². The number of rotatable bonds is 3. The van der Waals surface area contributed by atoms with E-state index in [1.807, 2.05) is 41.1 Å². The van der Waals surface area contributed by atoms with Crippen LogP contribution in [-0.2, 0) is 0 Å². The summed E-state index contributed by atoms with van der Waals surface area (Å²) in [4.78, 5) is 7.32. The highest BCUT2D eigenvalue weighted by atomic mass is 127. The summed E-state index contributed by atoms with van der Waals surface area (Å²) in [5, 5.41) is 5.13. The minimum atomic E-state index is 0.273. The Morgan fingerprint density at radius 1 is 1.24 bits per heavy atom. The maximum atomic E-state index is 5.35. The van der Waals surface area contributed by atoms with Crippen LogP contribution in [0.3, 0.4) is 0 Å². The van der Waals surface area contributed by atoms with Crippen molar-refractivity contribution in [1.82, 2.24) is 18.1 Å². The van der Waals surface area contributed by atoms with Crippen molar-refractivity contribution in [3.8, 4) is 0 Å². The van der Waals surface area contributed by atoms with Crippen LogP contribution >= 0.6 is 47.7 Å². The monoisotopic (exact) mass is 481 g/mol. The fraction of sp³-hybridized carbons (Fsp3) is 0.235. The SMILES string of the molecule is S=C(NI)c1cnc2ccc(N3CC(S)CC3c3ccccc3)nn12. The molecule has 25 heavy (non-hydrogen) atoms. The van der Waals surface area contributed by atoms with Crippen molar-refractivity contribution >= 4 is 64.2 Å². The molecule has 3 heterocycles. The number of nitrogens with one attached hydrogen (secondary N) is 1. The number of fused-ring (bicyclic) bond motifs is 1. The maximum absolute atomic E-state index is 5.35. The Bertz CT molecular complexity index is 914. The Morgan fingerprint density at radius 3 is 2.80 bits per heavy atom. The number of halogens is 1. The molecule has 0 bridgehead atoms. The second-order valence-electron chi connectivity index (χ2n) is 6.00. The van der Waals surface area contributed by atoms with Crippen LogP contribution in [-0.4, -0.2) is 31.4 Å². The zero-order valence-electron chi connectivity index (χ0n) is 13.2. The largest absolute Gasteiger partial charge is 0.347 e. The van der Waals surface area contributed by atoms with E-state index in [-0.39, 0.29) is 6.04 Å². The molecule has 1 saturated heterocycles. The summed E-state index contributed by atoms with van der Waals surface area (Å²) in [7, 11) is 0. The summed E-state index contributed by atoms with van der Waals surface area (Å²) in [6, 6.07) is 14.8. The van der Waals surface area contributed by atoms with Gasteiger partial charge in [-0.15, -0.1) is 5.10 Å². The van der Waals surface area contributed by atoms with Crippen LogP contribution in [0, 0.1) is 0 Å². The maximum Gasteiger partial charge on any atom is 0.154 e. The standard InChI is InChI=1S/C17H16IN5S2/c18-20-17(25)14-9-19-15-6-7-16(21-23(14)15)22-10-12(24)8-13(22)11-4-2-1-3-5-11/h1-7,9,12-13,24H,8,10H2,(H,20,25). The highest BCUT2D eigenvalue weighted by Crippen LogP contribution is 2.37. The van der Waals surface area contributed by atoms with Crippen molar-refractivity contribution in [2.45, 2.75) is 17.7 Å². The smallest absolute Gasteiger partial charge is 0.154 e. The topological polar surface area (TPSA) is 45.5 Å². The number of hydrogen-bond acceptors (Lipinski definition) is 5. The molecular weight excluding hydrogens is 465 g/mol. The van der Waals surface area contributed by atoms with Gasteiger partial charge in [0.2, 0.25) is 0 Å². The first-order chi connectivity index (χ1) is 12.2. The molecule has 1 fully saturated rings. The second-order valence-corrected chi connectivity index (χ2v) is 7.67. The lowest BCUT2D eigenvalue weighted by Gasteiger charge is -2.26. The lowest BCUT2D eigenvalue weighted by atomic mass is 10.0. The number of nitrogens with zero attached hydrogens (tertiary/aromatic N) is 4. The van der Waals surface area contributed by atoms with Gasteiger partial charge >= 0.3 is 0 Å². The Balaban J connectivity index is 1.76. The molecule has 0 spiro atoms. The molecule has 1 aromatic carbocycles. The molecule has 0 saturated carbocycles. The third kappa shape index (κ3) is 3.22. The van der Waals surface area contributed by atoms with E-state index in [4.69, 9.17) is 29.9 Å². The molecule has 5 nitrogen and oxygen atoms in total. The predicted molar refractivity (Wildman–Crippen MR) is 116 cm³/mol. The van der Waals surface area contributed by atoms with Crippen LogP contribution in [0.4, 0.5) is 5.82 Å². The molecule has 2 aromatic heterocycles. The first kappa shape index (κ1) is 17.0. The van der Waals surface area contributed by atoms with Crippen LogP contribution in [0.2, 0.25) is 0 Å². The van der Waals surface area contributed by atoms with E-state index >= 15 is 0 Å². The first-order valence-electron chi connectivity index (χ1n) is 7.93. The van der Waals surface area contributed by atoms with Crippen molar-refractivity contribution in [1.29, 1.82) is 0 Å². The first-order valence-corrected chi connectivity index (χ1v) is 9.93. The average molecular weight is 481 g/mol. The molecule has 128 valence electrons. The molecule has 1 N–H and O–H groups in total. The highest BCUT2D eigenvalue weighted by molar-refractivity contribution is 14.1. The van der Waals surface area contributed by atoms with E-state index in [1.165, 1.54) is 5.56 Å². The molecule has 1 aliphatic rings. The zero-order chi connectivity index (χ0) is 17.4. The molecule has 0 radical (unpaired) electrons. The normalized spacial score (nSPS) is 20.2. The second kappa shape index (κ2) is 7.08. The molecule has 1 aliphatic heterocycles. The van der Waals surface area contributed by atoms with Gasteiger partial charge in [0.1, 0.15) is 16.5 Å². The van der Waals surface area contributed by atoms with Crippen LogP contribution in [0.5, 0.6) is 0 Å². The summed E-state index contributed by atoms with van der Waals surface area (Å²) in [6.45, 7) is 0.861. The van der Waals surface area contributed by atoms with Gasteiger partial charge in [0.05, 0.1) is 35.1 Å². The van der Waals surface area contributed by atoms with Gasteiger partial charge in [0, 0.05) is 11.8 Å². The highest BCUT2D eigenvalue weighted by Gasteiger charge is 2.32. The van der Waals surface area contributed by atoms with Crippen molar-refractivity contribution < 1.29 is 0 Å². The molecule has 3 aromatic rings. The van der Waals surface area contributed by atoms with E-state index in [0.29, 0.717) is 10.2 Å². The van der Waals surface area contributed by atoms with Crippen LogP contribution < -0.4 is 8.43 Å². The predicted octanol–water partition coefficient (Wildman–Crippen LogP) is 3.59. The van der Waals surface area contributed by atoms with E-state index in [2.05, 4.69) is 37.7 Å². The zero-order valence-corrected chi connectivity index (χ0v) is 17.1. The fourth-order valence-corrected chi connectivity index (χ4v) is 4.07. The van der Waals surface area contributed by atoms with Crippen LogP contribution in [0.15, 0.2) is 48.7 Å². The van der Waals surface area contributed by atoms with Gasteiger partial charge in [-0.1, -0.05) is 42.5 Å². The molecule has 0 aliphatic carbocycles. The van der Waals surface area contributed by atoms with E-state index in [9.17, 15) is 0 Å². The van der Waals surface area contributed by atoms with Crippen LogP contribution in [0.1, 0.15) is 23.7 Å². The van der Waals surface area contributed by atoms with Gasteiger partial charge in [-0.05, 0) is 24.1 Å². The van der Waals surface area contributed by atoms with Gasteiger partial charge in [-0.3, -0.25) is 0 Å². The molecule has 2 atom stereocenters. The van der Waals surface area contributed by atoms with Crippen molar-refractivity contribution in [2.24, 2.45) is 0 Å². The molecular formula is C17H16IN5S2. The summed E-state index contributed by atoms with van der Waals surface area (Å²) in [6.07, 6.45) is 2.75. The van der Waals surface area contributed by atoms with Gasteiger partial charge in [-0.25, -0.2) is 9.50 Å². The molecule has 0 amide bonds. The van der Waals surface area contributed by atoms with Gasteiger partial charge < -0.3 is 8.43 Å².